The van der Waals surface area contributed by atoms with E-state index in [1.54, 1.807) is 25.3 Å². The van der Waals surface area contributed by atoms with Crippen molar-refractivity contribution in [1.82, 2.24) is 9.29 Å². The molecule has 0 bridgehead atoms. The van der Waals surface area contributed by atoms with Gasteiger partial charge in [-0.15, -0.1) is 11.3 Å². The molecule has 1 N–H and O–H groups in total. The van der Waals surface area contributed by atoms with Gasteiger partial charge >= 0.3 is 5.97 Å². The number of aryl methyl sites for hydroxylation is 2. The van der Waals surface area contributed by atoms with Crippen molar-refractivity contribution >= 4 is 38.4 Å². The van der Waals surface area contributed by atoms with Crippen LogP contribution in [0.1, 0.15) is 40.9 Å². The first kappa shape index (κ1) is 21.4. The Morgan fingerprint density at radius 3 is 2.59 bits per heavy atom. The van der Waals surface area contributed by atoms with E-state index in [0.29, 0.717) is 23.8 Å². The van der Waals surface area contributed by atoms with Crippen LogP contribution in [-0.4, -0.2) is 49.3 Å². The molecule has 0 aliphatic carbocycles. The molecule has 3 rings (SSSR count). The summed E-state index contributed by atoms with van der Waals surface area (Å²) in [5.41, 5.74) is 1.48. The molecule has 0 saturated carbocycles. The molecule has 1 amide bonds. The van der Waals surface area contributed by atoms with Crippen LogP contribution in [0.4, 0.5) is 5.13 Å². The van der Waals surface area contributed by atoms with Crippen molar-refractivity contribution < 1.29 is 22.7 Å². The molecule has 0 radical (unpaired) electrons. The highest BCUT2D eigenvalue weighted by Gasteiger charge is 2.27. The molecule has 156 valence electrons. The number of hydrogen-bond acceptors (Lipinski definition) is 7. The van der Waals surface area contributed by atoms with E-state index < -0.39 is 28.5 Å². The van der Waals surface area contributed by atoms with Gasteiger partial charge in [0, 0.05) is 18.5 Å². The second-order valence-electron chi connectivity index (χ2n) is 6.86. The van der Waals surface area contributed by atoms with Gasteiger partial charge in [0.15, 0.2) is 11.7 Å². The van der Waals surface area contributed by atoms with Gasteiger partial charge in [-0.05, 0) is 44.4 Å². The average Bonchev–Trinajstić information content (AvgIpc) is 3.11. The summed E-state index contributed by atoms with van der Waals surface area (Å²) in [7, 11) is -3.67. The Morgan fingerprint density at radius 2 is 1.93 bits per heavy atom. The summed E-state index contributed by atoms with van der Waals surface area (Å²) in [5.74, 6) is -1.26. The Kier molecular flexibility index (Phi) is 6.66. The van der Waals surface area contributed by atoms with Crippen molar-refractivity contribution in [1.29, 1.82) is 0 Å². The van der Waals surface area contributed by atoms with E-state index in [0.717, 1.165) is 25.0 Å². The largest absolute Gasteiger partial charge is 0.452 e. The van der Waals surface area contributed by atoms with Crippen LogP contribution in [0.2, 0.25) is 0 Å². The number of aromatic nitrogens is 1. The SMILES string of the molecule is Cc1csc(NC(=O)COC(=O)c2cc(S(=O)(=O)N3CCCCC3)ccc2C)n1. The zero-order valence-corrected chi connectivity index (χ0v) is 17.9. The molecule has 1 fully saturated rings. The Hall–Kier alpha value is -2.30. The van der Waals surface area contributed by atoms with Gasteiger partial charge in [0.25, 0.3) is 5.91 Å². The molecule has 1 aromatic carbocycles. The Bertz CT molecular complexity index is 1010. The molecule has 1 saturated heterocycles. The van der Waals surface area contributed by atoms with Gasteiger partial charge in [0.2, 0.25) is 10.0 Å². The summed E-state index contributed by atoms with van der Waals surface area (Å²) in [6, 6.07) is 4.39. The number of piperidine rings is 1. The smallest absolute Gasteiger partial charge is 0.338 e. The van der Waals surface area contributed by atoms with Crippen molar-refractivity contribution in [2.45, 2.75) is 38.0 Å². The second-order valence-corrected chi connectivity index (χ2v) is 9.66. The highest BCUT2D eigenvalue weighted by atomic mass is 32.2. The van der Waals surface area contributed by atoms with E-state index in [1.807, 2.05) is 0 Å². The molecule has 29 heavy (non-hydrogen) atoms. The standard InChI is InChI=1S/C19H23N3O5S2/c1-13-6-7-15(29(25,26)22-8-4-3-5-9-22)10-16(13)18(24)27-11-17(23)21-19-20-14(2)12-28-19/h6-7,10,12H,3-5,8-9,11H2,1-2H3,(H,20,21,23). The molecule has 0 spiro atoms. The molecule has 0 unspecified atom stereocenters. The zero-order valence-electron chi connectivity index (χ0n) is 16.3. The third-order valence-corrected chi connectivity index (χ3v) is 7.35. The second kappa shape index (κ2) is 9.02. The van der Waals surface area contributed by atoms with Crippen LogP contribution in [0.15, 0.2) is 28.5 Å². The third kappa shape index (κ3) is 5.20. The number of nitrogens with one attached hydrogen (secondary N) is 1. The van der Waals surface area contributed by atoms with Gasteiger partial charge in [-0.3, -0.25) is 10.1 Å². The van der Waals surface area contributed by atoms with E-state index >= 15 is 0 Å². The van der Waals surface area contributed by atoms with Gasteiger partial charge < -0.3 is 4.74 Å². The van der Waals surface area contributed by atoms with Crippen molar-refractivity contribution in [2.75, 3.05) is 25.0 Å². The first-order valence-electron chi connectivity index (χ1n) is 9.27. The van der Waals surface area contributed by atoms with Crippen LogP contribution in [0, 0.1) is 13.8 Å². The number of ether oxygens (including phenoxy) is 1. The van der Waals surface area contributed by atoms with Gasteiger partial charge in [0.05, 0.1) is 16.2 Å². The number of esters is 1. The van der Waals surface area contributed by atoms with Crippen molar-refractivity contribution in [3.05, 3.63) is 40.4 Å². The van der Waals surface area contributed by atoms with Gasteiger partial charge in [-0.2, -0.15) is 4.31 Å². The lowest BCUT2D eigenvalue weighted by atomic mass is 10.1. The van der Waals surface area contributed by atoms with Crippen molar-refractivity contribution in [3.63, 3.8) is 0 Å². The van der Waals surface area contributed by atoms with E-state index in [-0.39, 0.29) is 10.5 Å². The molecule has 0 atom stereocenters. The molecule has 8 nitrogen and oxygen atoms in total. The lowest BCUT2D eigenvalue weighted by Gasteiger charge is -2.26. The van der Waals surface area contributed by atoms with Crippen molar-refractivity contribution in [2.24, 2.45) is 0 Å². The van der Waals surface area contributed by atoms with Gasteiger partial charge in [-0.25, -0.2) is 18.2 Å². The van der Waals surface area contributed by atoms with Crippen LogP contribution in [0.3, 0.4) is 0 Å². The predicted octanol–water partition coefficient (Wildman–Crippen LogP) is 2.73. The normalized spacial score (nSPS) is 15.1. The topological polar surface area (TPSA) is 106 Å². The summed E-state index contributed by atoms with van der Waals surface area (Å²) in [6.07, 6.45) is 2.67. The highest BCUT2D eigenvalue weighted by molar-refractivity contribution is 7.89. The number of nitrogens with zero attached hydrogens (tertiary/aromatic N) is 2. The average molecular weight is 438 g/mol. The minimum Gasteiger partial charge on any atom is -0.452 e. The highest BCUT2D eigenvalue weighted by Crippen LogP contribution is 2.23. The van der Waals surface area contributed by atoms with E-state index in [2.05, 4.69) is 10.3 Å². The zero-order chi connectivity index (χ0) is 21.0. The molecule has 2 aromatic rings. The van der Waals surface area contributed by atoms with Crippen LogP contribution < -0.4 is 5.32 Å². The molecule has 10 heteroatoms. The number of sulfonamides is 1. The maximum atomic E-state index is 12.8. The molecular weight excluding hydrogens is 414 g/mol. The molecule has 2 heterocycles. The number of hydrogen-bond donors (Lipinski definition) is 1. The number of benzene rings is 1. The maximum Gasteiger partial charge on any atom is 0.338 e. The van der Waals surface area contributed by atoms with Gasteiger partial charge in [-0.1, -0.05) is 12.5 Å². The van der Waals surface area contributed by atoms with Crippen LogP contribution >= 0.6 is 11.3 Å². The number of rotatable bonds is 6. The van der Waals surface area contributed by atoms with E-state index in [4.69, 9.17) is 4.74 Å². The van der Waals surface area contributed by atoms with Gasteiger partial charge in [0.1, 0.15) is 0 Å². The fraction of sp³-hybridized carbons (Fsp3) is 0.421. The fourth-order valence-corrected chi connectivity index (χ4v) is 5.26. The van der Waals surface area contributed by atoms with Crippen LogP contribution in [0.25, 0.3) is 0 Å². The lowest BCUT2D eigenvalue weighted by Crippen LogP contribution is -2.35. The lowest BCUT2D eigenvalue weighted by molar-refractivity contribution is -0.119. The summed E-state index contributed by atoms with van der Waals surface area (Å²) in [4.78, 5) is 28.6. The monoisotopic (exact) mass is 437 g/mol. The summed E-state index contributed by atoms with van der Waals surface area (Å²) in [5, 5.41) is 4.77. The quantitative estimate of drug-likeness (QED) is 0.697. The molecule has 1 aliphatic rings. The number of carbonyl (C=O) groups is 2. The molecular formula is C19H23N3O5S2. The third-order valence-electron chi connectivity index (χ3n) is 4.58. The number of amides is 1. The van der Waals surface area contributed by atoms with Crippen LogP contribution in [0.5, 0.6) is 0 Å². The first-order valence-corrected chi connectivity index (χ1v) is 11.6. The number of anilines is 1. The predicted molar refractivity (Wildman–Crippen MR) is 110 cm³/mol. The minimum atomic E-state index is -3.67. The Balaban J connectivity index is 1.68. The maximum absolute atomic E-state index is 12.8. The summed E-state index contributed by atoms with van der Waals surface area (Å²) >= 11 is 1.27. The fourth-order valence-electron chi connectivity index (χ4n) is 3.01. The molecule has 1 aliphatic heterocycles. The van der Waals surface area contributed by atoms with E-state index in [9.17, 15) is 18.0 Å². The van der Waals surface area contributed by atoms with Crippen molar-refractivity contribution in [3.8, 4) is 0 Å². The summed E-state index contributed by atoms with van der Waals surface area (Å²) < 4.78 is 32.2. The minimum absolute atomic E-state index is 0.0552. The Morgan fingerprint density at radius 1 is 1.21 bits per heavy atom. The summed E-state index contributed by atoms with van der Waals surface area (Å²) in [6.45, 7) is 3.96. The number of thiazole rings is 1. The first-order chi connectivity index (χ1) is 13.8. The Labute approximate surface area is 173 Å². The molecule has 1 aromatic heterocycles. The number of carbonyl (C=O) groups excluding carboxylic acids is 2. The van der Waals surface area contributed by atoms with Crippen LogP contribution in [-0.2, 0) is 19.6 Å². The van der Waals surface area contributed by atoms with E-state index in [1.165, 1.54) is 27.8 Å².